The molecule has 0 fully saturated rings. The molecule has 0 radical (unpaired) electrons. The number of carbonyl (C=O) groups is 2. The molecule has 1 heterocycles. The van der Waals surface area contributed by atoms with Gasteiger partial charge in [-0.15, -0.1) is 10.2 Å². The summed E-state index contributed by atoms with van der Waals surface area (Å²) in [5, 5.41) is 17.5. The number of aromatic nitrogens is 4. The highest BCUT2D eigenvalue weighted by atomic mass is 35.5. The number of amides is 3. The zero-order valence-electron chi connectivity index (χ0n) is 12.8. The van der Waals surface area contributed by atoms with E-state index in [1.165, 1.54) is 12.1 Å². The highest BCUT2D eigenvalue weighted by Crippen LogP contribution is 2.26. The van der Waals surface area contributed by atoms with Crippen LogP contribution >= 0.6 is 11.6 Å². The molecule has 0 bridgehead atoms. The first-order valence-corrected chi connectivity index (χ1v) is 7.43. The van der Waals surface area contributed by atoms with Gasteiger partial charge in [-0.2, -0.15) is 5.21 Å². The molecule has 0 aliphatic rings. The molecule has 0 aliphatic carbocycles. The number of anilines is 1. The maximum absolute atomic E-state index is 13.5. The zero-order valence-corrected chi connectivity index (χ0v) is 13.5. The van der Waals surface area contributed by atoms with E-state index in [1.807, 2.05) is 5.32 Å². The summed E-state index contributed by atoms with van der Waals surface area (Å²) in [6.07, 6.45) is 0. The van der Waals surface area contributed by atoms with Crippen LogP contribution < -0.4 is 10.6 Å². The number of carbonyl (C=O) groups excluding carboxylic acids is 2. The highest BCUT2D eigenvalue weighted by molar-refractivity contribution is 6.34. The largest absolute Gasteiger partial charge is 0.326 e. The summed E-state index contributed by atoms with van der Waals surface area (Å²) < 4.78 is 27.1. The summed E-state index contributed by atoms with van der Waals surface area (Å²) in [5.41, 5.74) is -0.154. The van der Waals surface area contributed by atoms with E-state index in [-0.39, 0.29) is 10.7 Å². The Balaban J connectivity index is 1.71. The Hall–Kier alpha value is -3.40. The van der Waals surface area contributed by atoms with Crippen LogP contribution in [-0.2, 0) is 0 Å². The summed E-state index contributed by atoms with van der Waals surface area (Å²) in [6, 6.07) is 6.39. The smallest absolute Gasteiger partial charge is 0.306 e. The van der Waals surface area contributed by atoms with Gasteiger partial charge in [-0.1, -0.05) is 17.7 Å². The second-order valence-corrected chi connectivity index (χ2v) is 5.34. The topological polar surface area (TPSA) is 113 Å². The van der Waals surface area contributed by atoms with Gasteiger partial charge in [-0.3, -0.25) is 10.1 Å². The molecule has 26 heavy (non-hydrogen) atoms. The Kier molecular flexibility index (Phi) is 4.85. The van der Waals surface area contributed by atoms with Crippen LogP contribution in [0.5, 0.6) is 0 Å². The lowest BCUT2D eigenvalue weighted by atomic mass is 10.2. The third-order valence-electron chi connectivity index (χ3n) is 3.24. The Morgan fingerprint density at radius 2 is 1.85 bits per heavy atom. The maximum Gasteiger partial charge on any atom is 0.326 e. The Bertz CT molecular complexity index is 960. The normalized spacial score (nSPS) is 10.4. The molecule has 0 spiro atoms. The zero-order chi connectivity index (χ0) is 18.7. The quantitative estimate of drug-likeness (QED) is 0.648. The van der Waals surface area contributed by atoms with E-state index in [0.717, 1.165) is 18.2 Å². The van der Waals surface area contributed by atoms with Crippen molar-refractivity contribution in [3.63, 3.8) is 0 Å². The Morgan fingerprint density at radius 1 is 1.12 bits per heavy atom. The van der Waals surface area contributed by atoms with Crippen molar-refractivity contribution in [3.8, 4) is 11.4 Å². The average Bonchev–Trinajstić information content (AvgIpc) is 3.11. The summed E-state index contributed by atoms with van der Waals surface area (Å²) in [7, 11) is 0. The van der Waals surface area contributed by atoms with Gasteiger partial charge >= 0.3 is 6.03 Å². The third kappa shape index (κ3) is 3.64. The number of imide groups is 1. The van der Waals surface area contributed by atoms with Crippen molar-refractivity contribution in [2.45, 2.75) is 0 Å². The highest BCUT2D eigenvalue weighted by Gasteiger charge is 2.19. The lowest BCUT2D eigenvalue weighted by Gasteiger charge is -2.09. The van der Waals surface area contributed by atoms with E-state index in [1.54, 1.807) is 6.07 Å². The number of benzene rings is 2. The predicted molar refractivity (Wildman–Crippen MR) is 87.5 cm³/mol. The van der Waals surface area contributed by atoms with Crippen molar-refractivity contribution in [2.75, 3.05) is 5.32 Å². The molecular weight excluding hydrogens is 370 g/mol. The predicted octanol–water partition coefficient (Wildman–Crippen LogP) is 2.76. The molecule has 132 valence electrons. The minimum Gasteiger partial charge on any atom is -0.306 e. The van der Waals surface area contributed by atoms with E-state index in [9.17, 15) is 18.4 Å². The standard InChI is InChI=1S/C15H9ClF2N6O2/c16-8-6-7(13-21-23-24-22-13)4-5-11(8)19-15(26)20-14(25)12-9(17)2-1-3-10(12)18/h1-6H,(H2,19,20,25,26)(H,21,22,23,24). The number of H-pyrrole nitrogens is 1. The van der Waals surface area contributed by atoms with Crippen molar-refractivity contribution >= 4 is 29.2 Å². The molecule has 3 aromatic rings. The van der Waals surface area contributed by atoms with Crippen molar-refractivity contribution in [3.05, 3.63) is 58.6 Å². The number of hydrogen-bond acceptors (Lipinski definition) is 5. The van der Waals surface area contributed by atoms with Crippen molar-refractivity contribution < 1.29 is 18.4 Å². The van der Waals surface area contributed by atoms with Crippen LogP contribution in [0.15, 0.2) is 36.4 Å². The minimum absolute atomic E-state index is 0.131. The average molecular weight is 379 g/mol. The molecule has 0 aliphatic heterocycles. The first-order valence-electron chi connectivity index (χ1n) is 7.05. The summed E-state index contributed by atoms with van der Waals surface area (Å²) in [6.45, 7) is 0. The van der Waals surface area contributed by atoms with E-state index in [2.05, 4.69) is 25.9 Å². The van der Waals surface area contributed by atoms with Gasteiger partial charge in [-0.25, -0.2) is 13.6 Å². The van der Waals surface area contributed by atoms with Crippen LogP contribution in [-0.4, -0.2) is 32.6 Å². The van der Waals surface area contributed by atoms with Gasteiger partial charge in [0.05, 0.1) is 10.7 Å². The van der Waals surface area contributed by atoms with Crippen molar-refractivity contribution in [2.24, 2.45) is 0 Å². The molecule has 0 saturated heterocycles. The second kappa shape index (κ2) is 7.23. The molecule has 0 unspecified atom stereocenters. The number of aromatic amines is 1. The number of nitrogens with zero attached hydrogens (tertiary/aromatic N) is 3. The van der Waals surface area contributed by atoms with Gasteiger partial charge < -0.3 is 5.32 Å². The molecule has 3 rings (SSSR count). The fourth-order valence-electron chi connectivity index (χ4n) is 2.07. The van der Waals surface area contributed by atoms with Gasteiger partial charge in [-0.05, 0) is 35.5 Å². The van der Waals surface area contributed by atoms with Gasteiger partial charge in [0.2, 0.25) is 5.82 Å². The lowest BCUT2D eigenvalue weighted by Crippen LogP contribution is -2.35. The molecule has 8 nitrogen and oxygen atoms in total. The minimum atomic E-state index is -1.22. The molecule has 0 saturated carbocycles. The molecule has 1 aromatic heterocycles. The maximum atomic E-state index is 13.5. The Labute approximate surface area is 149 Å². The van der Waals surface area contributed by atoms with Crippen LogP contribution in [0.2, 0.25) is 5.02 Å². The first kappa shape index (κ1) is 17.4. The van der Waals surface area contributed by atoms with E-state index in [0.29, 0.717) is 11.4 Å². The van der Waals surface area contributed by atoms with Gasteiger partial charge in [0.1, 0.15) is 17.2 Å². The third-order valence-corrected chi connectivity index (χ3v) is 3.55. The molecule has 0 atom stereocenters. The number of halogens is 3. The van der Waals surface area contributed by atoms with E-state index < -0.39 is 29.1 Å². The molecule has 11 heteroatoms. The number of urea groups is 1. The second-order valence-electron chi connectivity index (χ2n) is 4.93. The molecule has 2 aromatic carbocycles. The van der Waals surface area contributed by atoms with Crippen molar-refractivity contribution in [1.82, 2.24) is 25.9 Å². The summed E-state index contributed by atoms with van der Waals surface area (Å²) >= 11 is 6.06. The number of nitrogens with one attached hydrogen (secondary N) is 3. The van der Waals surface area contributed by atoms with Crippen LogP contribution in [0.1, 0.15) is 10.4 Å². The van der Waals surface area contributed by atoms with Crippen LogP contribution in [0.3, 0.4) is 0 Å². The number of hydrogen-bond donors (Lipinski definition) is 3. The molecule has 3 N–H and O–H groups in total. The van der Waals surface area contributed by atoms with E-state index >= 15 is 0 Å². The fourth-order valence-corrected chi connectivity index (χ4v) is 2.30. The van der Waals surface area contributed by atoms with Gasteiger partial charge in [0.25, 0.3) is 5.91 Å². The van der Waals surface area contributed by atoms with E-state index in [4.69, 9.17) is 11.6 Å². The Morgan fingerprint density at radius 3 is 2.46 bits per heavy atom. The van der Waals surface area contributed by atoms with Crippen LogP contribution in [0, 0.1) is 11.6 Å². The SMILES string of the molecule is O=C(NC(=O)c1c(F)cccc1F)Nc1ccc(-c2nn[nH]n2)cc1Cl. The van der Waals surface area contributed by atoms with Crippen LogP contribution in [0.25, 0.3) is 11.4 Å². The number of tetrazole rings is 1. The number of rotatable bonds is 3. The summed E-state index contributed by atoms with van der Waals surface area (Å²) in [4.78, 5) is 23.8. The molecular formula is C15H9ClF2N6O2. The first-order chi connectivity index (χ1) is 12.5. The fraction of sp³-hybridized carbons (Fsp3) is 0. The van der Waals surface area contributed by atoms with Crippen LogP contribution in [0.4, 0.5) is 19.3 Å². The van der Waals surface area contributed by atoms with Gasteiger partial charge in [0.15, 0.2) is 0 Å². The monoisotopic (exact) mass is 378 g/mol. The molecule has 3 amide bonds. The van der Waals surface area contributed by atoms with Gasteiger partial charge in [0, 0.05) is 5.56 Å². The lowest BCUT2D eigenvalue weighted by molar-refractivity contribution is 0.0959. The summed E-state index contributed by atoms with van der Waals surface area (Å²) in [5.74, 6) is -3.10. The van der Waals surface area contributed by atoms with Crippen molar-refractivity contribution in [1.29, 1.82) is 0 Å².